The van der Waals surface area contributed by atoms with Crippen LogP contribution >= 0.6 is 22.6 Å². The highest BCUT2D eigenvalue weighted by Crippen LogP contribution is 2.17. The van der Waals surface area contributed by atoms with E-state index in [-0.39, 0.29) is 31.0 Å². The lowest BCUT2D eigenvalue weighted by Gasteiger charge is -2.29. The van der Waals surface area contributed by atoms with Crippen LogP contribution in [0, 0.1) is 3.57 Å². The highest BCUT2D eigenvalue weighted by Gasteiger charge is 2.27. The molecule has 156 valence electrons. The maximum atomic E-state index is 13.0. The Labute approximate surface area is 185 Å². The maximum absolute atomic E-state index is 13.0. The number of carbonyl (C=O) groups excluding carboxylic acids is 2. The van der Waals surface area contributed by atoms with E-state index in [1.54, 1.807) is 14.0 Å². The van der Waals surface area contributed by atoms with Crippen molar-refractivity contribution in [1.82, 2.24) is 10.2 Å². The average molecular weight is 510 g/mol. The Morgan fingerprint density at radius 1 is 1.07 bits per heavy atom. The first-order valence-electron chi connectivity index (χ1n) is 9.41. The van der Waals surface area contributed by atoms with E-state index in [1.165, 1.54) is 4.90 Å². The van der Waals surface area contributed by atoms with Gasteiger partial charge in [0.25, 0.3) is 5.91 Å². The third-order valence-corrected chi connectivity index (χ3v) is 4.98. The molecule has 2 aromatic rings. The van der Waals surface area contributed by atoms with Gasteiger partial charge in [-0.05, 0) is 85.3 Å². The van der Waals surface area contributed by atoms with Gasteiger partial charge in [0, 0.05) is 16.2 Å². The van der Waals surface area contributed by atoms with Gasteiger partial charge < -0.3 is 19.7 Å². The number of methoxy groups -OCH3 is 1. The minimum Gasteiger partial charge on any atom is -0.497 e. The zero-order valence-electron chi connectivity index (χ0n) is 17.1. The van der Waals surface area contributed by atoms with Crippen LogP contribution in [0.2, 0.25) is 0 Å². The van der Waals surface area contributed by atoms with Crippen LogP contribution in [0.25, 0.3) is 0 Å². The fraction of sp³-hybridized carbons (Fsp3) is 0.364. The van der Waals surface area contributed by atoms with Crippen molar-refractivity contribution in [1.29, 1.82) is 0 Å². The summed E-state index contributed by atoms with van der Waals surface area (Å²) >= 11 is 2.21. The number of carbonyl (C=O) groups is 2. The van der Waals surface area contributed by atoms with Crippen LogP contribution in [0.15, 0.2) is 48.5 Å². The summed E-state index contributed by atoms with van der Waals surface area (Å²) in [6.07, 6.45) is 0. The second-order valence-corrected chi connectivity index (χ2v) is 8.20. The maximum Gasteiger partial charge on any atom is 0.261 e. The van der Waals surface area contributed by atoms with E-state index in [0.29, 0.717) is 11.5 Å². The summed E-state index contributed by atoms with van der Waals surface area (Å²) in [4.78, 5) is 27.0. The highest BCUT2D eigenvalue weighted by molar-refractivity contribution is 14.1. The first-order chi connectivity index (χ1) is 13.8. The van der Waals surface area contributed by atoms with Crippen LogP contribution in [-0.4, -0.2) is 42.5 Å². The number of nitrogens with one attached hydrogen (secondary N) is 1. The van der Waals surface area contributed by atoms with Crippen LogP contribution in [0.4, 0.5) is 0 Å². The van der Waals surface area contributed by atoms with E-state index >= 15 is 0 Å². The molecule has 0 aromatic heterocycles. The highest BCUT2D eigenvalue weighted by atomic mass is 127. The van der Waals surface area contributed by atoms with Gasteiger partial charge in [0.2, 0.25) is 5.91 Å². The van der Waals surface area contributed by atoms with Crippen LogP contribution in [0.1, 0.15) is 26.3 Å². The fourth-order valence-electron chi connectivity index (χ4n) is 2.71. The van der Waals surface area contributed by atoms with Gasteiger partial charge in [-0.1, -0.05) is 12.1 Å². The number of ether oxygens (including phenoxy) is 2. The minimum absolute atomic E-state index is 0.0123. The van der Waals surface area contributed by atoms with Crippen molar-refractivity contribution in [3.8, 4) is 11.5 Å². The van der Waals surface area contributed by atoms with E-state index in [0.717, 1.165) is 9.13 Å². The topological polar surface area (TPSA) is 67.9 Å². The molecule has 0 fully saturated rings. The van der Waals surface area contributed by atoms with Crippen molar-refractivity contribution in [2.24, 2.45) is 0 Å². The molecule has 0 heterocycles. The van der Waals surface area contributed by atoms with E-state index in [2.05, 4.69) is 27.9 Å². The molecule has 2 rings (SSSR count). The molecular weight excluding hydrogens is 483 g/mol. The molecule has 0 aliphatic rings. The smallest absolute Gasteiger partial charge is 0.261 e. The largest absolute Gasteiger partial charge is 0.497 e. The standard InChI is InChI=1S/C22H27IN2O4/c1-15(2)24-22(27)16(3)25(13-17-6-5-7-20(12-17)28-4)21(26)14-29-19-10-8-18(23)9-11-19/h5-12,15-16H,13-14H2,1-4H3,(H,24,27)/t16-/m1/s1. The van der Waals surface area contributed by atoms with E-state index < -0.39 is 6.04 Å². The normalized spacial score (nSPS) is 11.7. The lowest BCUT2D eigenvalue weighted by molar-refractivity contribution is -0.142. The van der Waals surface area contributed by atoms with Crippen LogP contribution in [0.5, 0.6) is 11.5 Å². The number of nitrogens with zero attached hydrogens (tertiary/aromatic N) is 1. The third kappa shape index (κ3) is 7.23. The second-order valence-electron chi connectivity index (χ2n) is 6.96. The van der Waals surface area contributed by atoms with Gasteiger partial charge in [-0.3, -0.25) is 9.59 Å². The predicted molar refractivity (Wildman–Crippen MR) is 121 cm³/mol. The molecule has 1 N–H and O–H groups in total. The van der Waals surface area contributed by atoms with Gasteiger partial charge in [0.05, 0.1) is 7.11 Å². The molecule has 0 radical (unpaired) electrons. The van der Waals surface area contributed by atoms with Crippen LogP contribution in [0.3, 0.4) is 0 Å². The van der Waals surface area contributed by atoms with Gasteiger partial charge in [0.15, 0.2) is 6.61 Å². The Hall–Kier alpha value is -2.29. The molecule has 0 aliphatic carbocycles. The van der Waals surface area contributed by atoms with Crippen LogP contribution in [-0.2, 0) is 16.1 Å². The predicted octanol–water partition coefficient (Wildman–Crippen LogP) is 3.62. The molecule has 2 aromatic carbocycles. The monoisotopic (exact) mass is 510 g/mol. The Morgan fingerprint density at radius 3 is 2.38 bits per heavy atom. The Kier molecular flexibility index (Phi) is 8.75. The molecule has 0 unspecified atom stereocenters. The average Bonchev–Trinajstić information content (AvgIpc) is 2.70. The molecular formula is C22H27IN2O4. The summed E-state index contributed by atoms with van der Waals surface area (Å²) < 4.78 is 12.0. The summed E-state index contributed by atoms with van der Waals surface area (Å²) in [5, 5.41) is 2.87. The number of rotatable bonds is 9. The second kappa shape index (κ2) is 11.0. The lowest BCUT2D eigenvalue weighted by atomic mass is 10.1. The van der Waals surface area contributed by atoms with Gasteiger partial charge in [0.1, 0.15) is 17.5 Å². The summed E-state index contributed by atoms with van der Waals surface area (Å²) in [7, 11) is 1.59. The molecule has 1 atom stereocenters. The number of halogens is 1. The number of hydrogen-bond donors (Lipinski definition) is 1. The van der Waals surface area contributed by atoms with Gasteiger partial charge in [-0.2, -0.15) is 0 Å². The SMILES string of the molecule is COc1cccc(CN(C(=O)COc2ccc(I)cc2)[C@H](C)C(=O)NC(C)C)c1. The van der Waals surface area contributed by atoms with Crippen LogP contribution < -0.4 is 14.8 Å². The van der Waals surface area contributed by atoms with Crippen molar-refractivity contribution in [3.05, 3.63) is 57.7 Å². The Bertz CT molecular complexity index is 824. The summed E-state index contributed by atoms with van der Waals surface area (Å²) in [5.74, 6) is 0.840. The first kappa shape index (κ1) is 23.0. The zero-order chi connectivity index (χ0) is 21.4. The zero-order valence-corrected chi connectivity index (χ0v) is 19.3. The Morgan fingerprint density at radius 2 is 1.76 bits per heavy atom. The first-order valence-corrected chi connectivity index (χ1v) is 10.5. The summed E-state index contributed by atoms with van der Waals surface area (Å²) in [6.45, 7) is 5.63. The van der Waals surface area contributed by atoms with E-state index in [1.807, 2.05) is 62.4 Å². The van der Waals surface area contributed by atoms with Crippen molar-refractivity contribution in [3.63, 3.8) is 0 Å². The molecule has 0 spiro atoms. The quantitative estimate of drug-likeness (QED) is 0.524. The van der Waals surface area contributed by atoms with Crippen molar-refractivity contribution < 1.29 is 19.1 Å². The number of hydrogen-bond acceptors (Lipinski definition) is 4. The minimum atomic E-state index is -0.642. The Balaban J connectivity index is 2.16. The van der Waals surface area contributed by atoms with Crippen molar-refractivity contribution in [2.75, 3.05) is 13.7 Å². The number of benzene rings is 2. The molecule has 6 nitrogen and oxygen atoms in total. The molecule has 29 heavy (non-hydrogen) atoms. The van der Waals surface area contributed by atoms with E-state index in [9.17, 15) is 9.59 Å². The fourth-order valence-corrected chi connectivity index (χ4v) is 3.07. The van der Waals surface area contributed by atoms with Crippen molar-refractivity contribution >= 4 is 34.4 Å². The van der Waals surface area contributed by atoms with Crippen molar-refractivity contribution in [2.45, 2.75) is 39.4 Å². The summed E-state index contributed by atoms with van der Waals surface area (Å²) in [6, 6.07) is 14.2. The van der Waals surface area contributed by atoms with Gasteiger partial charge in [-0.15, -0.1) is 0 Å². The number of amides is 2. The molecule has 0 bridgehead atoms. The molecule has 7 heteroatoms. The third-order valence-electron chi connectivity index (χ3n) is 4.26. The summed E-state index contributed by atoms with van der Waals surface area (Å²) in [5.41, 5.74) is 0.871. The molecule has 0 saturated heterocycles. The molecule has 0 aliphatic heterocycles. The molecule has 2 amide bonds. The van der Waals surface area contributed by atoms with Gasteiger partial charge in [-0.25, -0.2) is 0 Å². The molecule has 0 saturated carbocycles. The van der Waals surface area contributed by atoms with E-state index in [4.69, 9.17) is 9.47 Å². The lowest BCUT2D eigenvalue weighted by Crippen LogP contribution is -2.50. The van der Waals surface area contributed by atoms with Gasteiger partial charge >= 0.3 is 0 Å².